The van der Waals surface area contributed by atoms with Crippen molar-refractivity contribution < 1.29 is 0 Å². The van der Waals surface area contributed by atoms with Crippen molar-refractivity contribution in [2.24, 2.45) is 0 Å². The zero-order valence-corrected chi connectivity index (χ0v) is 17.6. The van der Waals surface area contributed by atoms with E-state index in [1.54, 1.807) is 0 Å². The summed E-state index contributed by atoms with van der Waals surface area (Å²) in [5.74, 6) is 0.344. The van der Waals surface area contributed by atoms with Crippen LogP contribution in [0.4, 0.5) is 0 Å². The second-order valence-corrected chi connectivity index (χ2v) is 9.82. The van der Waals surface area contributed by atoms with Crippen molar-refractivity contribution in [1.82, 2.24) is 4.98 Å². The third-order valence-electron chi connectivity index (χ3n) is 8.47. The summed E-state index contributed by atoms with van der Waals surface area (Å²) in [6.45, 7) is 0. The number of hydrogen-bond acceptors (Lipinski definition) is 1. The van der Waals surface area contributed by atoms with Crippen LogP contribution in [0, 0.1) is 0 Å². The van der Waals surface area contributed by atoms with Crippen molar-refractivity contribution in [3.63, 3.8) is 0 Å². The Morgan fingerprint density at radius 3 is 1.55 bits per heavy atom. The molecule has 0 fully saturated rings. The van der Waals surface area contributed by atoms with Crippen LogP contribution in [-0.4, -0.2) is 4.98 Å². The topological polar surface area (TPSA) is 12.9 Å². The zero-order valence-electron chi connectivity index (χ0n) is 17.6. The molecule has 7 aromatic carbocycles. The molecule has 0 atom stereocenters. The summed E-state index contributed by atoms with van der Waals surface area (Å²) >= 11 is 0. The SMILES string of the molecule is C1=CC2C=Cc3ccc4c5cccc6nc7cccc8c9ccc1c1c2c3c4c(c19)c(c78)c65. The molecule has 0 spiro atoms. The molecular weight excluding hydrogens is 398 g/mol. The first-order valence-corrected chi connectivity index (χ1v) is 11.7. The van der Waals surface area contributed by atoms with Gasteiger partial charge in [0, 0.05) is 27.5 Å². The molecule has 2 aliphatic rings. The Bertz CT molecular complexity index is 2080. The van der Waals surface area contributed by atoms with Crippen molar-refractivity contribution in [1.29, 1.82) is 0 Å². The normalized spacial score (nSPS) is 15.5. The molecule has 0 bridgehead atoms. The fraction of sp³-hybridized carbons (Fsp3) is 0.0312. The number of allylic oxidation sites excluding steroid dienone is 2. The van der Waals surface area contributed by atoms with E-state index in [-0.39, 0.29) is 0 Å². The van der Waals surface area contributed by atoms with Crippen LogP contribution in [0.25, 0.3) is 87.8 Å². The van der Waals surface area contributed by atoms with Gasteiger partial charge in [-0.2, -0.15) is 0 Å². The minimum absolute atomic E-state index is 0.344. The molecule has 10 rings (SSSR count). The Morgan fingerprint density at radius 2 is 0.970 bits per heavy atom. The number of fused-ring (bicyclic) bond motifs is 2. The molecule has 0 amide bonds. The summed E-state index contributed by atoms with van der Waals surface area (Å²) in [4.78, 5) is 5.15. The predicted molar refractivity (Wildman–Crippen MR) is 141 cm³/mol. The fourth-order valence-electron chi connectivity index (χ4n) is 7.31. The standard InChI is InChI=1S/C32H15N/c1-3-18-20-13-11-16-9-7-15-8-10-17-12-14-21-19-4-2-6-23-28(19)31(27(18)22(5-1)33-23)32-29(20)25(16)24(15)26(17)30(21)32/h1-15H. The summed E-state index contributed by atoms with van der Waals surface area (Å²) in [6.07, 6.45) is 9.43. The van der Waals surface area contributed by atoms with Gasteiger partial charge in [-0.15, -0.1) is 0 Å². The monoisotopic (exact) mass is 413 g/mol. The minimum Gasteiger partial charge on any atom is -0.248 e. The third kappa shape index (κ3) is 1.48. The van der Waals surface area contributed by atoms with Gasteiger partial charge in [0.15, 0.2) is 0 Å². The number of pyridine rings is 1. The van der Waals surface area contributed by atoms with Gasteiger partial charge in [0.05, 0.1) is 11.0 Å². The average molecular weight is 413 g/mol. The number of aromatic nitrogens is 1. The summed E-state index contributed by atoms with van der Waals surface area (Å²) in [5.41, 5.74) is 6.41. The maximum absolute atomic E-state index is 5.15. The van der Waals surface area contributed by atoms with Gasteiger partial charge in [-0.05, 0) is 71.9 Å². The highest BCUT2D eigenvalue weighted by Crippen LogP contribution is 2.55. The summed E-state index contributed by atoms with van der Waals surface area (Å²) in [5, 5.41) is 16.7. The molecule has 1 heterocycles. The number of benzene rings is 7. The van der Waals surface area contributed by atoms with Gasteiger partial charge in [0.2, 0.25) is 0 Å². The first-order chi connectivity index (χ1) is 16.4. The lowest BCUT2D eigenvalue weighted by Gasteiger charge is -2.30. The maximum Gasteiger partial charge on any atom is 0.0722 e. The van der Waals surface area contributed by atoms with Crippen LogP contribution >= 0.6 is 0 Å². The van der Waals surface area contributed by atoms with E-state index in [1.165, 1.54) is 81.3 Å². The molecule has 0 saturated heterocycles. The smallest absolute Gasteiger partial charge is 0.0722 e. The van der Waals surface area contributed by atoms with Crippen molar-refractivity contribution >= 4 is 87.8 Å². The molecule has 0 N–H and O–H groups in total. The molecule has 1 heteroatoms. The molecule has 0 aliphatic heterocycles. The lowest BCUT2D eigenvalue weighted by atomic mass is 9.73. The molecule has 1 nitrogen and oxygen atoms in total. The Balaban J connectivity index is 1.77. The summed E-state index contributed by atoms with van der Waals surface area (Å²) in [6, 6.07) is 22.7. The minimum atomic E-state index is 0.344. The maximum atomic E-state index is 5.15. The van der Waals surface area contributed by atoms with Gasteiger partial charge >= 0.3 is 0 Å². The highest BCUT2D eigenvalue weighted by molar-refractivity contribution is 6.49. The quantitative estimate of drug-likeness (QED) is 0.179. The molecule has 1 aromatic heterocycles. The van der Waals surface area contributed by atoms with Gasteiger partial charge in [-0.25, -0.2) is 4.98 Å². The lowest BCUT2D eigenvalue weighted by molar-refractivity contribution is 1.11. The van der Waals surface area contributed by atoms with Crippen LogP contribution in [0.2, 0.25) is 0 Å². The summed E-state index contributed by atoms with van der Waals surface area (Å²) in [7, 11) is 0. The van der Waals surface area contributed by atoms with E-state index in [1.807, 2.05) is 0 Å². The van der Waals surface area contributed by atoms with Gasteiger partial charge in [-0.3, -0.25) is 0 Å². The van der Waals surface area contributed by atoms with E-state index in [0.717, 1.165) is 11.0 Å². The predicted octanol–water partition coefficient (Wildman–Crippen LogP) is 8.60. The van der Waals surface area contributed by atoms with Gasteiger partial charge in [-0.1, -0.05) is 72.8 Å². The van der Waals surface area contributed by atoms with Gasteiger partial charge in [0.25, 0.3) is 0 Å². The third-order valence-corrected chi connectivity index (χ3v) is 8.47. The molecule has 8 aromatic rings. The van der Waals surface area contributed by atoms with Crippen LogP contribution in [0.1, 0.15) is 22.6 Å². The van der Waals surface area contributed by atoms with Crippen molar-refractivity contribution in [3.05, 3.63) is 89.5 Å². The molecule has 0 radical (unpaired) electrons. The lowest BCUT2D eigenvalue weighted by Crippen LogP contribution is -2.07. The van der Waals surface area contributed by atoms with Crippen molar-refractivity contribution in [2.75, 3.05) is 0 Å². The molecule has 2 aliphatic carbocycles. The Morgan fingerprint density at radius 1 is 0.455 bits per heavy atom. The van der Waals surface area contributed by atoms with Gasteiger partial charge < -0.3 is 0 Å². The highest BCUT2D eigenvalue weighted by Gasteiger charge is 2.30. The molecule has 0 unspecified atom stereocenters. The Hall–Kier alpha value is -4.23. The van der Waals surface area contributed by atoms with Crippen molar-refractivity contribution in [2.45, 2.75) is 5.92 Å². The molecule has 0 saturated carbocycles. The van der Waals surface area contributed by atoms with Crippen LogP contribution < -0.4 is 0 Å². The van der Waals surface area contributed by atoms with E-state index in [0.29, 0.717) is 5.92 Å². The van der Waals surface area contributed by atoms with Crippen LogP contribution in [-0.2, 0) is 0 Å². The van der Waals surface area contributed by atoms with Gasteiger partial charge in [0.1, 0.15) is 0 Å². The second kappa shape index (κ2) is 4.74. The first-order valence-electron chi connectivity index (χ1n) is 11.7. The summed E-state index contributed by atoms with van der Waals surface area (Å²) < 4.78 is 0. The zero-order chi connectivity index (χ0) is 21.0. The van der Waals surface area contributed by atoms with E-state index < -0.39 is 0 Å². The molecule has 33 heavy (non-hydrogen) atoms. The van der Waals surface area contributed by atoms with Crippen LogP contribution in [0.3, 0.4) is 0 Å². The van der Waals surface area contributed by atoms with Crippen molar-refractivity contribution in [3.8, 4) is 0 Å². The molecule has 148 valence electrons. The second-order valence-electron chi connectivity index (χ2n) is 9.82. The van der Waals surface area contributed by atoms with Crippen LogP contribution in [0.5, 0.6) is 0 Å². The van der Waals surface area contributed by atoms with E-state index in [9.17, 15) is 0 Å². The number of rotatable bonds is 0. The number of hydrogen-bond donors (Lipinski definition) is 0. The van der Waals surface area contributed by atoms with Crippen LogP contribution in [0.15, 0.2) is 72.8 Å². The largest absolute Gasteiger partial charge is 0.248 e. The Labute approximate surface area is 188 Å². The number of nitrogens with zero attached hydrogens (tertiary/aromatic N) is 1. The Kier molecular flexibility index (Phi) is 2.24. The first kappa shape index (κ1) is 15.6. The van der Waals surface area contributed by atoms with E-state index in [2.05, 4.69) is 85.0 Å². The highest BCUT2D eigenvalue weighted by atomic mass is 14.7. The molecular formula is C32H15N. The fourth-order valence-corrected chi connectivity index (χ4v) is 7.31. The van der Waals surface area contributed by atoms with E-state index >= 15 is 0 Å². The van der Waals surface area contributed by atoms with E-state index in [4.69, 9.17) is 4.98 Å². The average Bonchev–Trinajstić information content (AvgIpc) is 2.87.